The van der Waals surface area contributed by atoms with Crippen LogP contribution in [0.1, 0.15) is 38.1 Å². The molecule has 0 bridgehead atoms. The molecule has 1 amide bonds. The predicted octanol–water partition coefficient (Wildman–Crippen LogP) is 4.82. The van der Waals surface area contributed by atoms with Gasteiger partial charge in [-0.2, -0.15) is 0 Å². The van der Waals surface area contributed by atoms with Gasteiger partial charge in [0, 0.05) is 11.1 Å². The molecule has 1 heterocycles. The van der Waals surface area contributed by atoms with E-state index in [1.165, 1.54) is 0 Å². The molecule has 1 aromatic heterocycles. The topological polar surface area (TPSA) is 95.7 Å². The number of carbonyl (C=O) groups is 1. The summed E-state index contributed by atoms with van der Waals surface area (Å²) in [7, 11) is 0. The summed E-state index contributed by atoms with van der Waals surface area (Å²) < 4.78 is 21.8. The summed E-state index contributed by atoms with van der Waals surface area (Å²) in [5, 5.41) is 10.5. The van der Waals surface area contributed by atoms with Crippen LogP contribution in [0.2, 0.25) is 0 Å². The number of anilines is 1. The van der Waals surface area contributed by atoms with Crippen LogP contribution in [0.5, 0.6) is 17.2 Å². The first-order valence-corrected chi connectivity index (χ1v) is 10.3. The summed E-state index contributed by atoms with van der Waals surface area (Å²) in [6.45, 7) is 9.58. The minimum Gasteiger partial charge on any atom is -0.493 e. The van der Waals surface area contributed by atoms with Crippen LogP contribution in [0.3, 0.4) is 0 Å². The van der Waals surface area contributed by atoms with Crippen molar-refractivity contribution in [1.29, 1.82) is 0 Å². The molecular weight excluding hydrogens is 398 g/mol. The molecule has 3 aromatic rings. The molecule has 0 saturated carbocycles. The monoisotopic (exact) mass is 425 g/mol. The number of ether oxygens (including phenoxy) is 3. The lowest BCUT2D eigenvalue weighted by Crippen LogP contribution is -2.13. The third kappa shape index (κ3) is 5.75. The predicted molar refractivity (Wildman–Crippen MR) is 117 cm³/mol. The number of rotatable bonds is 10. The molecule has 3 rings (SSSR count). The smallest absolute Gasteiger partial charge is 0.256 e. The lowest BCUT2D eigenvalue weighted by Gasteiger charge is -2.12. The summed E-state index contributed by atoms with van der Waals surface area (Å²) in [5.41, 5.74) is 1.54. The van der Waals surface area contributed by atoms with Crippen LogP contribution < -0.4 is 19.5 Å². The van der Waals surface area contributed by atoms with Crippen molar-refractivity contribution in [1.82, 2.24) is 10.3 Å². The second-order valence-electron chi connectivity index (χ2n) is 7.17. The molecular formula is C23H27N3O5. The third-order valence-electron chi connectivity index (χ3n) is 4.24. The van der Waals surface area contributed by atoms with Crippen molar-refractivity contribution < 1.29 is 23.6 Å². The molecule has 0 aliphatic heterocycles. The minimum atomic E-state index is -0.330. The van der Waals surface area contributed by atoms with E-state index in [2.05, 4.69) is 29.5 Å². The fourth-order valence-electron chi connectivity index (χ4n) is 2.80. The van der Waals surface area contributed by atoms with Crippen molar-refractivity contribution in [2.45, 2.75) is 27.7 Å². The Morgan fingerprint density at radius 1 is 0.968 bits per heavy atom. The van der Waals surface area contributed by atoms with Crippen molar-refractivity contribution in [2.24, 2.45) is 5.92 Å². The summed E-state index contributed by atoms with van der Waals surface area (Å²) in [6, 6.07) is 12.3. The highest BCUT2D eigenvalue weighted by Gasteiger charge is 2.18. The lowest BCUT2D eigenvalue weighted by molar-refractivity contribution is 0.102. The fraction of sp³-hybridized carbons (Fsp3) is 0.348. The van der Waals surface area contributed by atoms with E-state index in [1.54, 1.807) is 36.4 Å². The maximum absolute atomic E-state index is 12.7. The Hall–Kier alpha value is -3.55. The highest BCUT2D eigenvalue weighted by Crippen LogP contribution is 2.34. The Balaban J connectivity index is 1.76. The van der Waals surface area contributed by atoms with Crippen LogP contribution in [-0.4, -0.2) is 36.0 Å². The van der Waals surface area contributed by atoms with E-state index >= 15 is 0 Å². The number of hydrogen-bond donors (Lipinski definition) is 1. The average molecular weight is 425 g/mol. The molecule has 0 saturated heterocycles. The molecule has 164 valence electrons. The van der Waals surface area contributed by atoms with Crippen LogP contribution in [0.15, 0.2) is 47.1 Å². The molecule has 8 nitrogen and oxygen atoms in total. The summed E-state index contributed by atoms with van der Waals surface area (Å²) in [4.78, 5) is 12.7. The first-order chi connectivity index (χ1) is 15.0. The van der Waals surface area contributed by atoms with Crippen LogP contribution in [0.25, 0.3) is 11.3 Å². The summed E-state index contributed by atoms with van der Waals surface area (Å²) in [5.74, 6) is 2.24. The number of benzene rings is 2. The molecule has 2 aromatic carbocycles. The van der Waals surface area contributed by atoms with E-state index in [1.807, 2.05) is 19.9 Å². The van der Waals surface area contributed by atoms with Crippen molar-refractivity contribution in [2.75, 3.05) is 25.1 Å². The lowest BCUT2D eigenvalue weighted by atomic mass is 10.1. The Labute approximate surface area is 181 Å². The summed E-state index contributed by atoms with van der Waals surface area (Å²) in [6.07, 6.45) is 0. The number of nitrogens with one attached hydrogen (secondary N) is 1. The van der Waals surface area contributed by atoms with Gasteiger partial charge in [0.15, 0.2) is 17.2 Å². The molecule has 1 N–H and O–H groups in total. The zero-order chi connectivity index (χ0) is 22.2. The Kier molecular flexibility index (Phi) is 7.48. The van der Waals surface area contributed by atoms with Crippen molar-refractivity contribution >= 4 is 11.7 Å². The molecule has 0 fully saturated rings. The van der Waals surface area contributed by atoms with Gasteiger partial charge in [0.25, 0.3) is 5.91 Å². The molecule has 31 heavy (non-hydrogen) atoms. The van der Waals surface area contributed by atoms with Crippen molar-refractivity contribution in [3.63, 3.8) is 0 Å². The van der Waals surface area contributed by atoms with Gasteiger partial charge in [-0.25, -0.2) is 4.63 Å². The largest absolute Gasteiger partial charge is 0.493 e. The first-order valence-electron chi connectivity index (χ1n) is 10.3. The Morgan fingerprint density at radius 3 is 2.35 bits per heavy atom. The van der Waals surface area contributed by atoms with Crippen LogP contribution in [0, 0.1) is 5.92 Å². The minimum absolute atomic E-state index is 0.219. The fourth-order valence-corrected chi connectivity index (χ4v) is 2.80. The molecule has 0 aliphatic rings. The van der Waals surface area contributed by atoms with Gasteiger partial charge in [0.1, 0.15) is 5.75 Å². The van der Waals surface area contributed by atoms with Gasteiger partial charge < -0.3 is 19.5 Å². The van der Waals surface area contributed by atoms with Gasteiger partial charge in [-0.1, -0.05) is 13.8 Å². The van der Waals surface area contributed by atoms with Crippen LogP contribution in [-0.2, 0) is 0 Å². The Morgan fingerprint density at radius 2 is 1.68 bits per heavy atom. The second kappa shape index (κ2) is 10.5. The zero-order valence-corrected chi connectivity index (χ0v) is 18.2. The highest BCUT2D eigenvalue weighted by atomic mass is 16.6. The van der Waals surface area contributed by atoms with Gasteiger partial charge in [-0.3, -0.25) is 4.79 Å². The van der Waals surface area contributed by atoms with E-state index in [9.17, 15) is 4.79 Å². The normalized spacial score (nSPS) is 10.7. The molecule has 0 atom stereocenters. The number of aromatic nitrogens is 2. The number of nitrogens with zero attached hydrogens (tertiary/aromatic N) is 2. The number of amides is 1. The van der Waals surface area contributed by atoms with Gasteiger partial charge in [-0.05, 0) is 72.5 Å². The van der Waals surface area contributed by atoms with E-state index in [4.69, 9.17) is 18.8 Å². The van der Waals surface area contributed by atoms with E-state index < -0.39 is 0 Å². The standard InChI is InChI=1S/C23H27N3O5/c1-5-28-19-12-9-17(13-20(19)29-6-2)21-22(26-31-25-21)24-23(27)16-7-10-18(11-8-16)30-14-15(3)4/h7-13,15H,5-6,14H2,1-4H3,(H,24,26,27). The second-order valence-corrected chi connectivity index (χ2v) is 7.17. The van der Waals surface area contributed by atoms with E-state index in [-0.39, 0.29) is 11.7 Å². The quantitative estimate of drug-likeness (QED) is 0.497. The molecule has 0 spiro atoms. The highest BCUT2D eigenvalue weighted by molar-refractivity contribution is 6.05. The maximum Gasteiger partial charge on any atom is 0.256 e. The van der Waals surface area contributed by atoms with Gasteiger partial charge in [0.05, 0.1) is 19.8 Å². The van der Waals surface area contributed by atoms with Gasteiger partial charge >= 0.3 is 0 Å². The molecule has 0 radical (unpaired) electrons. The Bertz CT molecular complexity index is 999. The van der Waals surface area contributed by atoms with Crippen LogP contribution in [0.4, 0.5) is 5.82 Å². The van der Waals surface area contributed by atoms with Crippen LogP contribution >= 0.6 is 0 Å². The van der Waals surface area contributed by atoms with E-state index in [0.29, 0.717) is 59.8 Å². The maximum atomic E-state index is 12.7. The van der Waals surface area contributed by atoms with Gasteiger partial charge in [-0.15, -0.1) is 0 Å². The van der Waals surface area contributed by atoms with Crippen molar-refractivity contribution in [3.05, 3.63) is 48.0 Å². The molecule has 0 aliphatic carbocycles. The zero-order valence-electron chi connectivity index (χ0n) is 18.2. The van der Waals surface area contributed by atoms with Gasteiger partial charge in [0.2, 0.25) is 5.82 Å². The number of hydrogen-bond acceptors (Lipinski definition) is 7. The average Bonchev–Trinajstić information content (AvgIpc) is 3.22. The molecule has 0 unspecified atom stereocenters. The van der Waals surface area contributed by atoms with Crippen molar-refractivity contribution in [3.8, 4) is 28.5 Å². The molecule has 8 heteroatoms. The number of carbonyl (C=O) groups excluding carboxylic acids is 1. The first kappa shape index (κ1) is 22.1. The third-order valence-corrected chi connectivity index (χ3v) is 4.24. The SMILES string of the molecule is CCOc1ccc(-c2nonc2NC(=O)c2ccc(OCC(C)C)cc2)cc1OCC. The van der Waals surface area contributed by atoms with E-state index in [0.717, 1.165) is 0 Å². The summed E-state index contributed by atoms with van der Waals surface area (Å²) >= 11 is 0.